The summed E-state index contributed by atoms with van der Waals surface area (Å²) in [6.07, 6.45) is 3.84. The predicted octanol–water partition coefficient (Wildman–Crippen LogP) is 3.52. The number of benzene rings is 2. The minimum absolute atomic E-state index is 0.133. The molecule has 1 aliphatic rings. The smallest absolute Gasteiger partial charge is 0.259 e. The second-order valence-corrected chi connectivity index (χ2v) is 6.91. The molecule has 2 aromatic carbocycles. The van der Waals surface area contributed by atoms with E-state index in [1.807, 2.05) is 55.5 Å². The van der Waals surface area contributed by atoms with Gasteiger partial charge in [-0.2, -0.15) is 0 Å². The molecule has 2 heterocycles. The molecule has 1 aliphatic heterocycles. The lowest BCUT2D eigenvalue weighted by Gasteiger charge is -2.17. The second-order valence-electron chi connectivity index (χ2n) is 6.91. The third kappa shape index (κ3) is 3.51. The summed E-state index contributed by atoms with van der Waals surface area (Å²) in [5, 5.41) is 2.90. The number of amides is 2. The number of aryl methyl sites for hydroxylation is 1. The Labute approximate surface area is 164 Å². The highest BCUT2D eigenvalue weighted by Gasteiger charge is 2.25. The number of anilines is 1. The summed E-state index contributed by atoms with van der Waals surface area (Å²) in [5.74, 6) is -0.377. The molecule has 2 amide bonds. The monoisotopic (exact) mass is 371 g/mol. The summed E-state index contributed by atoms with van der Waals surface area (Å²) in [5.41, 5.74) is 5.08. The van der Waals surface area contributed by atoms with Gasteiger partial charge in [0.15, 0.2) is 0 Å². The topological polar surface area (TPSA) is 62.3 Å². The predicted molar refractivity (Wildman–Crippen MR) is 108 cm³/mol. The van der Waals surface area contributed by atoms with Crippen molar-refractivity contribution in [3.05, 3.63) is 94.8 Å². The van der Waals surface area contributed by atoms with E-state index in [1.54, 1.807) is 11.0 Å². The van der Waals surface area contributed by atoms with Crippen LogP contribution in [0.4, 0.5) is 5.69 Å². The Morgan fingerprint density at radius 3 is 2.64 bits per heavy atom. The fourth-order valence-electron chi connectivity index (χ4n) is 3.47. The number of para-hydroxylation sites is 1. The van der Waals surface area contributed by atoms with Crippen molar-refractivity contribution in [2.45, 2.75) is 19.9 Å². The first-order chi connectivity index (χ1) is 13.6. The average molecular weight is 371 g/mol. The highest BCUT2D eigenvalue weighted by atomic mass is 16.2. The second kappa shape index (κ2) is 7.64. The Kier molecular flexibility index (Phi) is 4.89. The van der Waals surface area contributed by atoms with Gasteiger partial charge < -0.3 is 10.2 Å². The summed E-state index contributed by atoms with van der Waals surface area (Å²) in [7, 11) is 0. The Morgan fingerprint density at radius 2 is 1.79 bits per heavy atom. The van der Waals surface area contributed by atoms with Crippen LogP contribution < -0.4 is 10.2 Å². The minimum Gasteiger partial charge on any atom is -0.348 e. The number of rotatable bonds is 4. The SMILES string of the molecule is Cc1ccccc1CNC(=O)c1cncc(C(=O)N2CCc3ccccc32)c1. The fourth-order valence-corrected chi connectivity index (χ4v) is 3.47. The lowest BCUT2D eigenvalue weighted by molar-refractivity contribution is 0.0950. The van der Waals surface area contributed by atoms with E-state index in [4.69, 9.17) is 0 Å². The van der Waals surface area contributed by atoms with Gasteiger partial charge in [0.1, 0.15) is 0 Å². The number of hydrogen-bond donors (Lipinski definition) is 1. The molecule has 0 unspecified atom stereocenters. The molecule has 0 saturated carbocycles. The maximum absolute atomic E-state index is 13.0. The number of carbonyl (C=O) groups is 2. The van der Waals surface area contributed by atoms with Crippen molar-refractivity contribution >= 4 is 17.5 Å². The molecule has 1 aromatic heterocycles. The van der Waals surface area contributed by atoms with E-state index in [0.717, 1.165) is 28.8 Å². The maximum atomic E-state index is 13.0. The first kappa shape index (κ1) is 17.9. The summed E-state index contributed by atoms with van der Waals surface area (Å²) in [6, 6.07) is 17.4. The zero-order valence-electron chi connectivity index (χ0n) is 15.7. The summed E-state index contributed by atoms with van der Waals surface area (Å²) in [6.45, 7) is 3.08. The number of nitrogens with one attached hydrogen (secondary N) is 1. The third-order valence-corrected chi connectivity index (χ3v) is 5.08. The molecular formula is C23H21N3O2. The molecule has 0 saturated heterocycles. The molecule has 0 aliphatic carbocycles. The Balaban J connectivity index is 1.49. The average Bonchev–Trinajstić information content (AvgIpc) is 3.16. The largest absolute Gasteiger partial charge is 0.348 e. The van der Waals surface area contributed by atoms with Gasteiger partial charge >= 0.3 is 0 Å². The molecule has 0 bridgehead atoms. The van der Waals surface area contributed by atoms with Gasteiger partial charge in [0.05, 0.1) is 11.1 Å². The minimum atomic E-state index is -0.243. The van der Waals surface area contributed by atoms with Gasteiger partial charge in [-0.05, 0) is 42.2 Å². The van der Waals surface area contributed by atoms with Crippen LogP contribution in [0.25, 0.3) is 0 Å². The highest BCUT2D eigenvalue weighted by Crippen LogP contribution is 2.28. The lowest BCUT2D eigenvalue weighted by atomic mass is 10.1. The quantitative estimate of drug-likeness (QED) is 0.763. The number of carbonyl (C=O) groups excluding carboxylic acids is 2. The van der Waals surface area contributed by atoms with Gasteiger partial charge in [0.2, 0.25) is 0 Å². The van der Waals surface area contributed by atoms with Crippen LogP contribution in [0.3, 0.4) is 0 Å². The molecule has 4 rings (SSSR count). The molecule has 5 heteroatoms. The van der Waals surface area contributed by atoms with Crippen molar-refractivity contribution < 1.29 is 9.59 Å². The standard InChI is InChI=1S/C23H21N3O2/c1-16-6-2-3-8-18(16)15-25-22(27)19-12-20(14-24-13-19)23(28)26-11-10-17-7-4-5-9-21(17)26/h2-9,12-14H,10-11,15H2,1H3,(H,25,27). The van der Waals surface area contributed by atoms with Crippen LogP contribution in [0.15, 0.2) is 67.0 Å². The Hall–Kier alpha value is -3.47. The molecule has 3 aromatic rings. The van der Waals surface area contributed by atoms with E-state index in [2.05, 4.69) is 10.3 Å². The van der Waals surface area contributed by atoms with E-state index >= 15 is 0 Å². The van der Waals surface area contributed by atoms with E-state index in [9.17, 15) is 9.59 Å². The van der Waals surface area contributed by atoms with Gasteiger partial charge in [0.25, 0.3) is 11.8 Å². The number of hydrogen-bond acceptors (Lipinski definition) is 3. The van der Waals surface area contributed by atoms with Crippen molar-refractivity contribution in [1.29, 1.82) is 0 Å². The molecule has 0 fully saturated rings. The summed E-state index contributed by atoms with van der Waals surface area (Å²) in [4.78, 5) is 31.4. The van der Waals surface area contributed by atoms with Crippen molar-refractivity contribution in [3.8, 4) is 0 Å². The van der Waals surface area contributed by atoms with Crippen LogP contribution in [0, 0.1) is 6.92 Å². The molecule has 1 N–H and O–H groups in total. The normalized spacial score (nSPS) is 12.5. The summed E-state index contributed by atoms with van der Waals surface area (Å²) >= 11 is 0. The van der Waals surface area contributed by atoms with E-state index < -0.39 is 0 Å². The van der Waals surface area contributed by atoms with Crippen molar-refractivity contribution in [3.63, 3.8) is 0 Å². The van der Waals surface area contributed by atoms with Crippen LogP contribution >= 0.6 is 0 Å². The third-order valence-electron chi connectivity index (χ3n) is 5.08. The van der Waals surface area contributed by atoms with Crippen LogP contribution in [-0.4, -0.2) is 23.3 Å². The Morgan fingerprint density at radius 1 is 1.04 bits per heavy atom. The number of aromatic nitrogens is 1. The van der Waals surface area contributed by atoms with E-state index in [1.165, 1.54) is 12.4 Å². The van der Waals surface area contributed by atoms with Crippen LogP contribution in [0.2, 0.25) is 0 Å². The van der Waals surface area contributed by atoms with Gasteiger partial charge in [-0.3, -0.25) is 14.6 Å². The van der Waals surface area contributed by atoms with Gasteiger partial charge in [-0.15, -0.1) is 0 Å². The first-order valence-corrected chi connectivity index (χ1v) is 9.31. The molecule has 0 spiro atoms. The number of fused-ring (bicyclic) bond motifs is 1. The lowest BCUT2D eigenvalue weighted by Crippen LogP contribution is -2.29. The molecule has 5 nitrogen and oxygen atoms in total. The van der Waals surface area contributed by atoms with E-state index in [0.29, 0.717) is 24.2 Å². The van der Waals surface area contributed by atoms with Crippen LogP contribution in [0.1, 0.15) is 37.4 Å². The molecular weight excluding hydrogens is 350 g/mol. The van der Waals surface area contributed by atoms with Crippen LogP contribution in [0.5, 0.6) is 0 Å². The maximum Gasteiger partial charge on any atom is 0.259 e. The zero-order chi connectivity index (χ0) is 19.5. The molecule has 0 atom stereocenters. The van der Waals surface area contributed by atoms with Crippen LogP contribution in [-0.2, 0) is 13.0 Å². The first-order valence-electron chi connectivity index (χ1n) is 9.31. The van der Waals surface area contributed by atoms with Gasteiger partial charge in [0, 0.05) is 31.2 Å². The molecule has 140 valence electrons. The Bertz CT molecular complexity index is 1050. The number of nitrogens with zero attached hydrogens (tertiary/aromatic N) is 2. The molecule has 0 radical (unpaired) electrons. The van der Waals surface area contributed by atoms with Crippen molar-refractivity contribution in [2.75, 3.05) is 11.4 Å². The van der Waals surface area contributed by atoms with E-state index in [-0.39, 0.29) is 11.8 Å². The van der Waals surface area contributed by atoms with Gasteiger partial charge in [-0.25, -0.2) is 0 Å². The van der Waals surface area contributed by atoms with Crippen molar-refractivity contribution in [2.24, 2.45) is 0 Å². The van der Waals surface area contributed by atoms with Gasteiger partial charge in [-0.1, -0.05) is 42.5 Å². The highest BCUT2D eigenvalue weighted by molar-refractivity contribution is 6.08. The molecule has 28 heavy (non-hydrogen) atoms. The zero-order valence-corrected chi connectivity index (χ0v) is 15.7. The fraction of sp³-hybridized carbons (Fsp3) is 0.174. The van der Waals surface area contributed by atoms with Crippen molar-refractivity contribution in [1.82, 2.24) is 10.3 Å². The number of pyridine rings is 1. The summed E-state index contributed by atoms with van der Waals surface area (Å²) < 4.78 is 0.